The molecule has 2 atom stereocenters. The van der Waals surface area contributed by atoms with Crippen molar-refractivity contribution in [1.82, 2.24) is 15.5 Å². The van der Waals surface area contributed by atoms with Gasteiger partial charge in [0.15, 0.2) is 0 Å². The second-order valence-corrected chi connectivity index (χ2v) is 8.56. The van der Waals surface area contributed by atoms with Crippen LogP contribution < -0.4 is 10.6 Å². The number of nitrogens with one attached hydrogen (secondary N) is 2. The first-order valence-electron chi connectivity index (χ1n) is 9.17. The summed E-state index contributed by atoms with van der Waals surface area (Å²) in [6.07, 6.45) is 2.28. The highest BCUT2D eigenvalue weighted by Crippen LogP contribution is 2.42. The van der Waals surface area contributed by atoms with Crippen molar-refractivity contribution in [2.24, 2.45) is 0 Å². The minimum atomic E-state index is -1.03. The van der Waals surface area contributed by atoms with Gasteiger partial charge in [-0.3, -0.25) is 14.5 Å². The molecule has 0 radical (unpaired) electrons. The number of carbonyl (C=O) groups excluding carboxylic acids is 3. The number of imide groups is 1. The Kier molecular flexibility index (Phi) is 4.89. The van der Waals surface area contributed by atoms with Crippen LogP contribution in [0.25, 0.3) is 0 Å². The zero-order valence-electron chi connectivity index (χ0n) is 15.3. The molecule has 0 saturated carbocycles. The largest absolute Gasteiger partial charge is 0.348 e. The van der Waals surface area contributed by atoms with E-state index >= 15 is 0 Å². The third-order valence-electron chi connectivity index (χ3n) is 5.39. The van der Waals surface area contributed by atoms with Crippen LogP contribution in [0.5, 0.6) is 0 Å². The smallest absolute Gasteiger partial charge is 0.325 e. The van der Waals surface area contributed by atoms with E-state index in [9.17, 15) is 14.4 Å². The molecule has 146 valence electrons. The highest BCUT2D eigenvalue weighted by Gasteiger charge is 2.54. The van der Waals surface area contributed by atoms with E-state index in [-0.39, 0.29) is 18.5 Å². The van der Waals surface area contributed by atoms with E-state index in [4.69, 9.17) is 11.6 Å². The van der Waals surface area contributed by atoms with Gasteiger partial charge in [0, 0.05) is 15.5 Å². The van der Waals surface area contributed by atoms with E-state index in [1.807, 2.05) is 36.6 Å². The lowest BCUT2D eigenvalue weighted by molar-refractivity contribution is -0.135. The van der Waals surface area contributed by atoms with E-state index in [1.54, 1.807) is 17.4 Å². The first kappa shape index (κ1) is 19.0. The number of aryl methyl sites for hydroxylation is 1. The number of amides is 4. The quantitative estimate of drug-likeness (QED) is 0.748. The monoisotopic (exact) mass is 417 g/mol. The molecule has 0 unspecified atom stereocenters. The second kappa shape index (κ2) is 7.22. The molecule has 1 aliphatic carbocycles. The van der Waals surface area contributed by atoms with Crippen LogP contribution in [0.4, 0.5) is 4.79 Å². The third-order valence-corrected chi connectivity index (χ3v) is 6.71. The summed E-state index contributed by atoms with van der Waals surface area (Å²) < 4.78 is 0. The number of nitrogens with zero attached hydrogens (tertiary/aromatic N) is 1. The summed E-state index contributed by atoms with van der Waals surface area (Å²) in [7, 11) is 0. The molecule has 28 heavy (non-hydrogen) atoms. The van der Waals surface area contributed by atoms with E-state index in [1.165, 1.54) is 0 Å². The maximum atomic E-state index is 13.1. The van der Waals surface area contributed by atoms with Gasteiger partial charge in [-0.2, -0.15) is 0 Å². The molecule has 8 heteroatoms. The highest BCUT2D eigenvalue weighted by atomic mass is 35.5. The van der Waals surface area contributed by atoms with Gasteiger partial charge in [-0.05, 0) is 49.3 Å². The predicted octanol–water partition coefficient (Wildman–Crippen LogP) is 3.36. The number of carbonyl (C=O) groups is 3. The molecule has 1 aliphatic heterocycles. The summed E-state index contributed by atoms with van der Waals surface area (Å²) >= 11 is 7.77. The summed E-state index contributed by atoms with van der Waals surface area (Å²) in [5, 5.41) is 8.16. The molecule has 2 N–H and O–H groups in total. The number of urea groups is 1. The van der Waals surface area contributed by atoms with E-state index in [0.29, 0.717) is 11.4 Å². The topological polar surface area (TPSA) is 78.5 Å². The highest BCUT2D eigenvalue weighted by molar-refractivity contribution is 7.10. The Hall–Kier alpha value is -2.38. The minimum absolute atomic E-state index is 0.319. The maximum Gasteiger partial charge on any atom is 0.325 e. The van der Waals surface area contributed by atoms with Crippen molar-refractivity contribution in [1.29, 1.82) is 0 Å². The molecule has 2 heterocycles. The Balaban J connectivity index is 1.49. The number of halogens is 1. The van der Waals surface area contributed by atoms with Crippen LogP contribution in [-0.2, 0) is 21.5 Å². The van der Waals surface area contributed by atoms with Gasteiger partial charge in [-0.25, -0.2) is 4.79 Å². The van der Waals surface area contributed by atoms with E-state index < -0.39 is 17.5 Å². The van der Waals surface area contributed by atoms with Crippen LogP contribution in [-0.4, -0.2) is 29.3 Å². The van der Waals surface area contributed by atoms with Crippen molar-refractivity contribution in [3.8, 4) is 0 Å². The fraction of sp³-hybridized carbons (Fsp3) is 0.350. The molecule has 4 amide bonds. The van der Waals surface area contributed by atoms with Crippen molar-refractivity contribution < 1.29 is 14.4 Å². The summed E-state index contributed by atoms with van der Waals surface area (Å²) in [6, 6.07) is 8.28. The Bertz CT molecular complexity index is 960. The van der Waals surface area contributed by atoms with Crippen molar-refractivity contribution >= 4 is 40.8 Å². The lowest BCUT2D eigenvalue weighted by Gasteiger charge is -2.31. The lowest BCUT2D eigenvalue weighted by Crippen LogP contribution is -2.47. The molecule has 1 aromatic heterocycles. The standard InChI is InChI=1S/C20H20ClN3O3S/c1-12(13-5-2-3-6-15(13)21)22-17(25)11-24-18(26)20(23-19(24)27)9-4-7-16-14(20)8-10-28-16/h2-3,5-6,8,10,12H,4,7,9,11H2,1H3,(H,22,25)(H,23,27)/t12-,20+/m0/s1. The first-order valence-corrected chi connectivity index (χ1v) is 10.4. The number of fused-ring (bicyclic) bond motifs is 2. The normalized spacial score (nSPS) is 22.1. The van der Waals surface area contributed by atoms with Crippen molar-refractivity contribution in [3.05, 3.63) is 56.7 Å². The Morgan fingerprint density at radius 1 is 1.36 bits per heavy atom. The minimum Gasteiger partial charge on any atom is -0.348 e. The van der Waals surface area contributed by atoms with Gasteiger partial charge < -0.3 is 10.6 Å². The number of hydrogen-bond acceptors (Lipinski definition) is 4. The predicted molar refractivity (Wildman–Crippen MR) is 107 cm³/mol. The van der Waals surface area contributed by atoms with Gasteiger partial charge in [0.25, 0.3) is 5.91 Å². The average Bonchev–Trinajstić information content (AvgIpc) is 3.23. The number of benzene rings is 1. The number of rotatable bonds is 4. The van der Waals surface area contributed by atoms with Crippen LogP contribution >= 0.6 is 22.9 Å². The van der Waals surface area contributed by atoms with Crippen LogP contribution in [0.1, 0.15) is 41.8 Å². The molecule has 2 aromatic rings. The molecule has 6 nitrogen and oxygen atoms in total. The van der Waals surface area contributed by atoms with E-state index in [2.05, 4.69) is 10.6 Å². The van der Waals surface area contributed by atoms with Crippen LogP contribution in [0.2, 0.25) is 5.02 Å². The second-order valence-electron chi connectivity index (χ2n) is 7.15. The average molecular weight is 418 g/mol. The van der Waals surface area contributed by atoms with E-state index in [0.717, 1.165) is 33.7 Å². The Labute approximate surface area is 171 Å². The molecule has 1 saturated heterocycles. The fourth-order valence-corrected chi connectivity index (χ4v) is 5.32. The summed E-state index contributed by atoms with van der Waals surface area (Å²) in [5.74, 6) is -0.758. The molecule has 1 aromatic carbocycles. The van der Waals surface area contributed by atoms with Crippen molar-refractivity contribution in [2.45, 2.75) is 37.8 Å². The Morgan fingerprint density at radius 3 is 2.93 bits per heavy atom. The van der Waals surface area contributed by atoms with Crippen LogP contribution in [0, 0.1) is 0 Å². The summed E-state index contributed by atoms with van der Waals surface area (Å²) in [4.78, 5) is 40.3. The van der Waals surface area contributed by atoms with Gasteiger partial charge in [-0.1, -0.05) is 29.8 Å². The molecule has 0 bridgehead atoms. The zero-order chi connectivity index (χ0) is 19.9. The van der Waals surface area contributed by atoms with Gasteiger partial charge in [-0.15, -0.1) is 11.3 Å². The molecular formula is C20H20ClN3O3S. The van der Waals surface area contributed by atoms with Crippen LogP contribution in [0.15, 0.2) is 35.7 Å². The zero-order valence-corrected chi connectivity index (χ0v) is 16.9. The molecule has 1 spiro atoms. The molecular weight excluding hydrogens is 398 g/mol. The SMILES string of the molecule is C[C@H](NC(=O)CN1C(=O)N[C@@]2(CCCc3sccc32)C1=O)c1ccccc1Cl. The van der Waals surface area contributed by atoms with Gasteiger partial charge in [0.2, 0.25) is 5.91 Å². The first-order chi connectivity index (χ1) is 13.4. The number of thiophene rings is 1. The van der Waals surface area contributed by atoms with Crippen LogP contribution in [0.3, 0.4) is 0 Å². The molecule has 2 aliphatic rings. The summed E-state index contributed by atoms with van der Waals surface area (Å²) in [6.45, 7) is 1.49. The van der Waals surface area contributed by atoms with Gasteiger partial charge in [0.05, 0.1) is 6.04 Å². The summed E-state index contributed by atoms with van der Waals surface area (Å²) in [5.41, 5.74) is 0.620. The van der Waals surface area contributed by atoms with Gasteiger partial charge in [0.1, 0.15) is 12.1 Å². The fourth-order valence-electron chi connectivity index (χ4n) is 4.02. The Morgan fingerprint density at radius 2 is 2.14 bits per heavy atom. The lowest BCUT2D eigenvalue weighted by atomic mass is 9.80. The van der Waals surface area contributed by atoms with Crippen molar-refractivity contribution in [3.63, 3.8) is 0 Å². The number of hydrogen-bond donors (Lipinski definition) is 2. The molecule has 1 fully saturated rings. The third kappa shape index (κ3) is 3.08. The van der Waals surface area contributed by atoms with Crippen molar-refractivity contribution in [2.75, 3.05) is 6.54 Å². The van der Waals surface area contributed by atoms with Gasteiger partial charge >= 0.3 is 6.03 Å². The maximum absolute atomic E-state index is 13.1. The molecule has 4 rings (SSSR count).